The van der Waals surface area contributed by atoms with Gasteiger partial charge in [-0.2, -0.15) is 5.26 Å². The minimum Gasteiger partial charge on any atom is -0.381 e. The van der Waals surface area contributed by atoms with Crippen LogP contribution in [0.3, 0.4) is 0 Å². The molecule has 0 heterocycles. The second kappa shape index (κ2) is 4.73. The number of rotatable bonds is 5. The molecule has 0 aromatic rings. The maximum Gasteiger partial charge on any atom is 0.0684 e. The largest absolute Gasteiger partial charge is 0.381 e. The van der Waals surface area contributed by atoms with Crippen LogP contribution < -0.4 is 5.32 Å². The van der Waals surface area contributed by atoms with Crippen molar-refractivity contribution in [1.29, 1.82) is 5.26 Å². The highest BCUT2D eigenvalue weighted by Crippen LogP contribution is 2.42. The molecule has 3 nitrogen and oxygen atoms in total. The number of nitriles is 1. The van der Waals surface area contributed by atoms with Gasteiger partial charge in [0, 0.05) is 18.6 Å². The molecule has 2 atom stereocenters. The van der Waals surface area contributed by atoms with Crippen LogP contribution in [0.5, 0.6) is 0 Å². The zero-order chi connectivity index (χ0) is 12.4. The van der Waals surface area contributed by atoms with E-state index < -0.39 is 0 Å². The van der Waals surface area contributed by atoms with Gasteiger partial charge in [-0.15, -0.1) is 0 Å². The molecule has 0 spiro atoms. The molecule has 1 aliphatic rings. The summed E-state index contributed by atoms with van der Waals surface area (Å²) in [6.45, 7) is 9.34. The monoisotopic (exact) mass is 224 g/mol. The van der Waals surface area contributed by atoms with Crippen LogP contribution in [0.2, 0.25) is 0 Å². The molecule has 1 N–H and O–H groups in total. The lowest BCUT2D eigenvalue weighted by Gasteiger charge is -2.51. The van der Waals surface area contributed by atoms with E-state index in [2.05, 4.69) is 25.2 Å². The van der Waals surface area contributed by atoms with Crippen LogP contribution in [0.15, 0.2) is 0 Å². The van der Waals surface area contributed by atoms with Gasteiger partial charge in [0.1, 0.15) is 0 Å². The van der Waals surface area contributed by atoms with Crippen molar-refractivity contribution in [3.63, 3.8) is 0 Å². The Labute approximate surface area is 99.2 Å². The Balaban J connectivity index is 2.29. The van der Waals surface area contributed by atoms with E-state index in [0.717, 1.165) is 19.4 Å². The van der Waals surface area contributed by atoms with Gasteiger partial charge in [0.25, 0.3) is 0 Å². The Kier molecular flexibility index (Phi) is 3.98. The SMILES string of the molecule is COC1CC(NCCC(C)(C)C#N)C1(C)C. The first kappa shape index (κ1) is 13.5. The molecule has 1 aliphatic carbocycles. The first-order chi connectivity index (χ1) is 7.33. The third-order valence-corrected chi connectivity index (χ3v) is 3.91. The van der Waals surface area contributed by atoms with Crippen LogP contribution in [0, 0.1) is 22.2 Å². The molecular weight excluding hydrogens is 200 g/mol. The zero-order valence-electron chi connectivity index (χ0n) is 11.1. The Hall–Kier alpha value is -0.590. The summed E-state index contributed by atoms with van der Waals surface area (Å²) in [4.78, 5) is 0. The number of methoxy groups -OCH3 is 1. The molecule has 0 bridgehead atoms. The maximum absolute atomic E-state index is 8.92. The van der Waals surface area contributed by atoms with Crippen LogP contribution in [0.1, 0.15) is 40.5 Å². The molecule has 2 unspecified atom stereocenters. The highest BCUT2D eigenvalue weighted by molar-refractivity contribution is 5.03. The van der Waals surface area contributed by atoms with Crippen molar-refractivity contribution in [2.75, 3.05) is 13.7 Å². The van der Waals surface area contributed by atoms with Crippen molar-refractivity contribution in [3.8, 4) is 6.07 Å². The molecular formula is C13H24N2O. The lowest BCUT2D eigenvalue weighted by Crippen LogP contribution is -2.60. The average Bonchev–Trinajstić information content (AvgIpc) is 2.22. The highest BCUT2D eigenvalue weighted by atomic mass is 16.5. The van der Waals surface area contributed by atoms with Crippen molar-refractivity contribution in [2.24, 2.45) is 10.8 Å². The van der Waals surface area contributed by atoms with E-state index in [0.29, 0.717) is 12.1 Å². The number of ether oxygens (including phenoxy) is 1. The second-order valence-electron chi connectivity index (χ2n) is 6.03. The quantitative estimate of drug-likeness (QED) is 0.779. The van der Waals surface area contributed by atoms with E-state index >= 15 is 0 Å². The average molecular weight is 224 g/mol. The maximum atomic E-state index is 8.92. The summed E-state index contributed by atoms with van der Waals surface area (Å²) in [5.41, 5.74) is -0.00686. The van der Waals surface area contributed by atoms with Crippen LogP contribution in [0.4, 0.5) is 0 Å². The van der Waals surface area contributed by atoms with Crippen molar-refractivity contribution < 1.29 is 4.74 Å². The van der Waals surface area contributed by atoms with E-state index in [1.165, 1.54) is 0 Å². The van der Waals surface area contributed by atoms with E-state index in [4.69, 9.17) is 10.00 Å². The van der Waals surface area contributed by atoms with E-state index in [1.807, 2.05) is 13.8 Å². The Morgan fingerprint density at radius 1 is 1.50 bits per heavy atom. The van der Waals surface area contributed by atoms with Gasteiger partial charge >= 0.3 is 0 Å². The number of hydrogen-bond donors (Lipinski definition) is 1. The van der Waals surface area contributed by atoms with Crippen molar-refractivity contribution in [2.45, 2.75) is 52.7 Å². The van der Waals surface area contributed by atoms with Gasteiger partial charge in [0.15, 0.2) is 0 Å². The summed E-state index contributed by atoms with van der Waals surface area (Å²) >= 11 is 0. The van der Waals surface area contributed by atoms with Crippen molar-refractivity contribution in [3.05, 3.63) is 0 Å². The zero-order valence-corrected chi connectivity index (χ0v) is 11.1. The van der Waals surface area contributed by atoms with Gasteiger partial charge in [-0.3, -0.25) is 0 Å². The van der Waals surface area contributed by atoms with Gasteiger partial charge in [-0.05, 0) is 33.2 Å². The summed E-state index contributed by atoms with van der Waals surface area (Å²) in [5, 5.41) is 12.4. The fourth-order valence-electron chi connectivity index (χ4n) is 2.25. The van der Waals surface area contributed by atoms with Gasteiger partial charge in [0.05, 0.1) is 17.6 Å². The predicted molar refractivity (Wildman–Crippen MR) is 65.0 cm³/mol. The second-order valence-corrected chi connectivity index (χ2v) is 6.03. The minimum absolute atomic E-state index is 0.214. The molecule has 0 saturated heterocycles. The number of nitrogens with one attached hydrogen (secondary N) is 1. The number of nitrogens with zero attached hydrogens (tertiary/aromatic N) is 1. The van der Waals surface area contributed by atoms with E-state index in [9.17, 15) is 0 Å². The van der Waals surface area contributed by atoms with Gasteiger partial charge in [-0.1, -0.05) is 13.8 Å². The van der Waals surface area contributed by atoms with Crippen LogP contribution >= 0.6 is 0 Å². The first-order valence-electron chi connectivity index (χ1n) is 6.01. The molecule has 16 heavy (non-hydrogen) atoms. The Morgan fingerprint density at radius 2 is 2.12 bits per heavy atom. The smallest absolute Gasteiger partial charge is 0.0684 e. The van der Waals surface area contributed by atoms with Gasteiger partial charge in [0.2, 0.25) is 0 Å². The summed E-state index contributed by atoms with van der Waals surface area (Å²) < 4.78 is 5.41. The van der Waals surface area contributed by atoms with E-state index in [-0.39, 0.29) is 10.8 Å². The van der Waals surface area contributed by atoms with Crippen molar-refractivity contribution >= 4 is 0 Å². The first-order valence-corrected chi connectivity index (χ1v) is 6.01. The third kappa shape index (κ3) is 2.75. The Bertz CT molecular complexity index is 278. The fourth-order valence-corrected chi connectivity index (χ4v) is 2.25. The summed E-state index contributed by atoms with van der Waals surface area (Å²) in [6, 6.07) is 2.85. The highest BCUT2D eigenvalue weighted by Gasteiger charge is 2.48. The van der Waals surface area contributed by atoms with Crippen LogP contribution in [-0.4, -0.2) is 25.8 Å². The molecule has 0 amide bonds. The molecule has 0 aromatic carbocycles. The standard InChI is InChI=1S/C13H24N2O/c1-12(2,9-14)6-7-15-10-8-11(16-5)13(10,3)4/h10-11,15H,6-8H2,1-5H3. The normalized spacial score (nSPS) is 28.2. The summed E-state index contributed by atoms with van der Waals surface area (Å²) in [6.07, 6.45) is 2.35. The molecule has 1 rings (SSSR count). The minimum atomic E-state index is -0.221. The predicted octanol–water partition coefficient (Wildman–Crippen LogP) is 2.33. The Morgan fingerprint density at radius 3 is 2.56 bits per heavy atom. The molecule has 0 radical (unpaired) electrons. The third-order valence-electron chi connectivity index (χ3n) is 3.91. The summed E-state index contributed by atoms with van der Waals surface area (Å²) in [7, 11) is 1.78. The summed E-state index contributed by atoms with van der Waals surface area (Å²) in [5.74, 6) is 0. The molecule has 1 fully saturated rings. The van der Waals surface area contributed by atoms with Gasteiger partial charge in [-0.25, -0.2) is 0 Å². The van der Waals surface area contributed by atoms with E-state index in [1.54, 1.807) is 7.11 Å². The van der Waals surface area contributed by atoms with Crippen molar-refractivity contribution in [1.82, 2.24) is 5.32 Å². The topological polar surface area (TPSA) is 45.0 Å². The molecule has 0 aromatic heterocycles. The molecule has 0 aliphatic heterocycles. The lowest BCUT2D eigenvalue weighted by atomic mass is 9.64. The lowest BCUT2D eigenvalue weighted by molar-refractivity contribution is -0.0975. The fraction of sp³-hybridized carbons (Fsp3) is 0.923. The number of hydrogen-bond acceptors (Lipinski definition) is 3. The van der Waals surface area contributed by atoms with Gasteiger partial charge < -0.3 is 10.1 Å². The molecule has 3 heteroatoms. The van der Waals surface area contributed by atoms with Crippen LogP contribution in [-0.2, 0) is 4.74 Å². The molecule has 92 valence electrons. The molecule has 1 saturated carbocycles. The van der Waals surface area contributed by atoms with Crippen LogP contribution in [0.25, 0.3) is 0 Å².